The predicted octanol–water partition coefficient (Wildman–Crippen LogP) is 0.917. The molecule has 0 fully saturated rings. The van der Waals surface area contributed by atoms with E-state index in [4.69, 9.17) is 5.11 Å². The summed E-state index contributed by atoms with van der Waals surface area (Å²) in [5, 5.41) is 11.8. The van der Waals surface area contributed by atoms with E-state index >= 15 is 0 Å². The molecule has 58 valence electrons. The van der Waals surface area contributed by atoms with E-state index in [1.165, 1.54) is 12.5 Å². The van der Waals surface area contributed by atoms with Gasteiger partial charge in [-0.2, -0.15) is 0 Å². The van der Waals surface area contributed by atoms with Crippen molar-refractivity contribution in [2.75, 3.05) is 0 Å². The SMILES string of the molecule is O=C(O)CC1=CC=NOC=C1. The van der Waals surface area contributed by atoms with Crippen LogP contribution < -0.4 is 0 Å². The lowest BCUT2D eigenvalue weighted by Gasteiger charge is -1.91. The van der Waals surface area contributed by atoms with Gasteiger partial charge < -0.3 is 9.94 Å². The smallest absolute Gasteiger partial charge is 0.307 e. The van der Waals surface area contributed by atoms with Crippen LogP contribution in [0, 0.1) is 0 Å². The van der Waals surface area contributed by atoms with Crippen molar-refractivity contribution < 1.29 is 14.7 Å². The molecule has 0 bridgehead atoms. The Morgan fingerprint density at radius 2 is 2.55 bits per heavy atom. The monoisotopic (exact) mass is 153 g/mol. The number of rotatable bonds is 2. The number of allylic oxidation sites excluding steroid dienone is 2. The van der Waals surface area contributed by atoms with Crippen LogP contribution in [-0.2, 0) is 9.63 Å². The molecule has 1 aliphatic rings. The highest BCUT2D eigenvalue weighted by molar-refractivity contribution is 5.77. The van der Waals surface area contributed by atoms with Gasteiger partial charge in [0, 0.05) is 0 Å². The summed E-state index contributed by atoms with van der Waals surface area (Å²) in [4.78, 5) is 14.8. The second-order valence-corrected chi connectivity index (χ2v) is 1.97. The molecule has 0 amide bonds. The summed E-state index contributed by atoms with van der Waals surface area (Å²) in [5.41, 5.74) is 0.666. The topological polar surface area (TPSA) is 58.9 Å². The highest BCUT2D eigenvalue weighted by Gasteiger charge is 2.00. The van der Waals surface area contributed by atoms with Gasteiger partial charge in [-0.1, -0.05) is 5.16 Å². The molecule has 4 nitrogen and oxygen atoms in total. The van der Waals surface area contributed by atoms with Gasteiger partial charge in [-0.15, -0.1) is 0 Å². The second kappa shape index (κ2) is 3.55. The minimum Gasteiger partial charge on any atom is -0.481 e. The lowest BCUT2D eigenvalue weighted by Crippen LogP contribution is -1.95. The number of carbonyl (C=O) groups is 1. The second-order valence-electron chi connectivity index (χ2n) is 1.97. The van der Waals surface area contributed by atoms with Crippen LogP contribution in [0.2, 0.25) is 0 Å². The van der Waals surface area contributed by atoms with Crippen LogP contribution in [0.5, 0.6) is 0 Å². The van der Waals surface area contributed by atoms with Gasteiger partial charge in [-0.05, 0) is 17.7 Å². The minimum absolute atomic E-state index is 0.00806. The fourth-order valence-corrected chi connectivity index (χ4v) is 0.662. The van der Waals surface area contributed by atoms with E-state index in [1.54, 1.807) is 12.2 Å². The van der Waals surface area contributed by atoms with Crippen LogP contribution in [0.3, 0.4) is 0 Å². The van der Waals surface area contributed by atoms with Crippen molar-refractivity contribution in [3.05, 3.63) is 24.0 Å². The highest BCUT2D eigenvalue weighted by Crippen LogP contribution is 2.04. The van der Waals surface area contributed by atoms with Crippen LogP contribution >= 0.6 is 0 Å². The average molecular weight is 153 g/mol. The lowest BCUT2D eigenvalue weighted by molar-refractivity contribution is -0.136. The summed E-state index contributed by atoms with van der Waals surface area (Å²) >= 11 is 0. The van der Waals surface area contributed by atoms with E-state index in [0.717, 1.165) is 0 Å². The molecule has 0 spiro atoms. The van der Waals surface area contributed by atoms with Crippen molar-refractivity contribution in [2.24, 2.45) is 5.16 Å². The van der Waals surface area contributed by atoms with Crippen molar-refractivity contribution in [3.8, 4) is 0 Å². The largest absolute Gasteiger partial charge is 0.481 e. The Kier molecular flexibility index (Phi) is 2.43. The van der Waals surface area contributed by atoms with E-state index in [9.17, 15) is 4.79 Å². The third kappa shape index (κ3) is 2.66. The molecule has 1 heterocycles. The molecule has 0 unspecified atom stereocenters. The Bertz CT molecular complexity index is 240. The quantitative estimate of drug-likeness (QED) is 0.641. The van der Waals surface area contributed by atoms with Crippen molar-refractivity contribution in [3.63, 3.8) is 0 Å². The maximum atomic E-state index is 10.2. The van der Waals surface area contributed by atoms with Crippen molar-refractivity contribution in [2.45, 2.75) is 6.42 Å². The molecule has 0 saturated carbocycles. The molecule has 0 radical (unpaired) electrons. The molecular weight excluding hydrogens is 146 g/mol. The number of oxime groups is 1. The summed E-state index contributed by atoms with van der Waals surface area (Å²) < 4.78 is 0. The number of carboxylic acid groups (broad SMARTS) is 1. The standard InChI is InChI=1S/C7H7NO3/c9-7(10)5-6-1-3-8-11-4-2-6/h1-4H,5H2,(H,9,10). The van der Waals surface area contributed by atoms with Crippen LogP contribution in [0.25, 0.3) is 0 Å². The molecule has 0 aromatic rings. The van der Waals surface area contributed by atoms with Gasteiger partial charge >= 0.3 is 5.97 Å². The zero-order chi connectivity index (χ0) is 8.10. The normalized spacial score (nSPS) is 15.1. The van der Waals surface area contributed by atoms with E-state index in [2.05, 4.69) is 9.99 Å². The summed E-state index contributed by atoms with van der Waals surface area (Å²) in [6, 6.07) is 0. The first-order valence-corrected chi connectivity index (χ1v) is 3.06. The fraction of sp³-hybridized carbons (Fsp3) is 0.143. The van der Waals surface area contributed by atoms with Crippen LogP contribution in [0.4, 0.5) is 0 Å². The van der Waals surface area contributed by atoms with Crippen LogP contribution in [0.15, 0.2) is 29.1 Å². The van der Waals surface area contributed by atoms with Crippen LogP contribution in [0.1, 0.15) is 6.42 Å². The molecule has 4 heteroatoms. The lowest BCUT2D eigenvalue weighted by atomic mass is 10.2. The van der Waals surface area contributed by atoms with Crippen molar-refractivity contribution in [1.29, 1.82) is 0 Å². The third-order valence-electron chi connectivity index (χ3n) is 1.11. The Morgan fingerprint density at radius 1 is 1.73 bits per heavy atom. The van der Waals surface area contributed by atoms with Gasteiger partial charge in [0.25, 0.3) is 0 Å². The first-order chi connectivity index (χ1) is 5.29. The molecular formula is C7H7NO3. The van der Waals surface area contributed by atoms with Crippen LogP contribution in [-0.4, -0.2) is 17.3 Å². The Hall–Kier alpha value is -1.58. The van der Waals surface area contributed by atoms with Crippen molar-refractivity contribution >= 4 is 12.2 Å². The predicted molar refractivity (Wildman–Crippen MR) is 39.1 cm³/mol. The molecule has 0 aliphatic carbocycles. The van der Waals surface area contributed by atoms with E-state index < -0.39 is 5.97 Å². The van der Waals surface area contributed by atoms with E-state index in [-0.39, 0.29) is 6.42 Å². The third-order valence-corrected chi connectivity index (χ3v) is 1.11. The first kappa shape index (κ1) is 7.53. The maximum Gasteiger partial charge on any atom is 0.307 e. The van der Waals surface area contributed by atoms with Gasteiger partial charge in [-0.25, -0.2) is 0 Å². The molecule has 0 saturated heterocycles. The summed E-state index contributed by atoms with van der Waals surface area (Å²) in [5.74, 6) is -0.865. The fourth-order valence-electron chi connectivity index (χ4n) is 0.662. The molecule has 0 aromatic heterocycles. The Balaban J connectivity index is 2.62. The number of hydrogen-bond donors (Lipinski definition) is 1. The van der Waals surface area contributed by atoms with Gasteiger partial charge in [0.15, 0.2) is 0 Å². The first-order valence-electron chi connectivity index (χ1n) is 3.06. The summed E-state index contributed by atoms with van der Waals surface area (Å²) in [6.07, 6.45) is 5.92. The van der Waals surface area contributed by atoms with Crippen molar-refractivity contribution in [1.82, 2.24) is 0 Å². The number of nitrogens with zero attached hydrogens (tertiary/aromatic N) is 1. The maximum absolute atomic E-state index is 10.2. The molecule has 0 aromatic carbocycles. The minimum atomic E-state index is -0.865. The van der Waals surface area contributed by atoms with Gasteiger partial charge in [0.05, 0.1) is 12.6 Å². The van der Waals surface area contributed by atoms with E-state index in [0.29, 0.717) is 5.57 Å². The van der Waals surface area contributed by atoms with Gasteiger partial charge in [0.2, 0.25) is 0 Å². The Labute approximate surface area is 63.5 Å². The molecule has 11 heavy (non-hydrogen) atoms. The Morgan fingerprint density at radius 3 is 3.27 bits per heavy atom. The number of hydrogen-bond acceptors (Lipinski definition) is 3. The van der Waals surface area contributed by atoms with E-state index in [1.807, 2.05) is 0 Å². The molecule has 0 atom stereocenters. The number of aliphatic carboxylic acids is 1. The molecule has 1 N–H and O–H groups in total. The zero-order valence-electron chi connectivity index (χ0n) is 5.73. The summed E-state index contributed by atoms with van der Waals surface area (Å²) in [7, 11) is 0. The highest BCUT2D eigenvalue weighted by atomic mass is 16.6. The number of carboxylic acids is 1. The zero-order valence-corrected chi connectivity index (χ0v) is 5.73. The molecule has 1 rings (SSSR count). The molecule has 1 aliphatic heterocycles. The average Bonchev–Trinajstić information content (AvgIpc) is 2.14. The summed E-state index contributed by atoms with van der Waals surface area (Å²) in [6.45, 7) is 0. The van der Waals surface area contributed by atoms with Gasteiger partial charge in [0.1, 0.15) is 6.26 Å². The van der Waals surface area contributed by atoms with Gasteiger partial charge in [-0.3, -0.25) is 4.79 Å².